The molecule has 2 aliphatic carbocycles. The van der Waals surface area contributed by atoms with Crippen molar-refractivity contribution >= 4 is 11.8 Å². The van der Waals surface area contributed by atoms with E-state index in [0.717, 1.165) is 38.0 Å². The number of aromatic nitrogens is 1. The van der Waals surface area contributed by atoms with Crippen LogP contribution in [0.2, 0.25) is 0 Å². The van der Waals surface area contributed by atoms with Crippen LogP contribution in [0, 0.1) is 5.92 Å². The Balaban J connectivity index is 1.36. The van der Waals surface area contributed by atoms with E-state index in [1.165, 1.54) is 31.7 Å². The first-order valence-corrected chi connectivity index (χ1v) is 10.8. The molecule has 3 rings (SSSR count). The lowest BCUT2D eigenvalue weighted by molar-refractivity contribution is -0.122. The summed E-state index contributed by atoms with van der Waals surface area (Å²) >= 11 is 0. The topological polar surface area (TPSA) is 80.2 Å². The first kappa shape index (κ1) is 20.6. The van der Waals surface area contributed by atoms with E-state index in [9.17, 15) is 14.4 Å². The van der Waals surface area contributed by atoms with Crippen LogP contribution in [-0.2, 0) is 16.1 Å². The molecule has 2 aliphatic rings. The highest BCUT2D eigenvalue weighted by Crippen LogP contribution is 2.28. The molecule has 0 saturated heterocycles. The molecule has 0 spiro atoms. The van der Waals surface area contributed by atoms with Crippen molar-refractivity contribution in [1.82, 2.24) is 15.2 Å². The van der Waals surface area contributed by atoms with Crippen LogP contribution in [0.3, 0.4) is 0 Å². The highest BCUT2D eigenvalue weighted by molar-refractivity contribution is 5.77. The number of amides is 2. The summed E-state index contributed by atoms with van der Waals surface area (Å²) in [7, 11) is 0. The Morgan fingerprint density at radius 2 is 1.61 bits per heavy atom. The van der Waals surface area contributed by atoms with Crippen LogP contribution < -0.4 is 16.2 Å². The van der Waals surface area contributed by atoms with Gasteiger partial charge in [-0.15, -0.1) is 0 Å². The number of nitrogens with zero attached hydrogens (tertiary/aromatic N) is 1. The third-order valence-corrected chi connectivity index (χ3v) is 6.14. The summed E-state index contributed by atoms with van der Waals surface area (Å²) in [5.41, 5.74) is -0.0895. The van der Waals surface area contributed by atoms with Crippen molar-refractivity contribution in [3.8, 4) is 0 Å². The molecule has 0 unspecified atom stereocenters. The van der Waals surface area contributed by atoms with Crippen molar-refractivity contribution in [3.63, 3.8) is 0 Å². The third-order valence-electron chi connectivity index (χ3n) is 6.14. The minimum atomic E-state index is -0.0895. The summed E-state index contributed by atoms with van der Waals surface area (Å²) in [5, 5.41) is 6.26. The second-order valence-electron chi connectivity index (χ2n) is 8.37. The molecule has 1 aromatic heterocycles. The van der Waals surface area contributed by atoms with E-state index in [2.05, 4.69) is 10.6 Å². The normalized spacial score (nSPS) is 22.7. The van der Waals surface area contributed by atoms with E-state index in [1.807, 2.05) is 0 Å². The van der Waals surface area contributed by atoms with Gasteiger partial charge in [0.15, 0.2) is 0 Å². The molecule has 2 N–H and O–H groups in total. The van der Waals surface area contributed by atoms with Gasteiger partial charge in [0.1, 0.15) is 0 Å². The molecule has 154 valence electrons. The molecule has 0 aromatic carbocycles. The Morgan fingerprint density at radius 3 is 2.29 bits per heavy atom. The molecule has 0 bridgehead atoms. The van der Waals surface area contributed by atoms with Crippen LogP contribution in [0.15, 0.2) is 29.2 Å². The number of carbonyl (C=O) groups excluding carboxylic acids is 2. The van der Waals surface area contributed by atoms with Crippen LogP contribution in [0.5, 0.6) is 0 Å². The average molecular weight is 388 g/mol. The number of hydrogen-bond donors (Lipinski definition) is 2. The number of nitrogens with one attached hydrogen (secondary N) is 2. The smallest absolute Gasteiger partial charge is 0.250 e. The van der Waals surface area contributed by atoms with Gasteiger partial charge in [0, 0.05) is 43.7 Å². The molecule has 0 radical (unpaired) electrons. The van der Waals surface area contributed by atoms with E-state index in [4.69, 9.17) is 0 Å². The Labute approximate surface area is 167 Å². The fourth-order valence-corrected chi connectivity index (χ4v) is 4.55. The first-order valence-electron chi connectivity index (χ1n) is 10.8. The largest absolute Gasteiger partial charge is 0.353 e. The maximum atomic E-state index is 12.3. The first-order chi connectivity index (χ1) is 13.6. The molecule has 1 aromatic rings. The highest BCUT2D eigenvalue weighted by atomic mass is 16.2. The lowest BCUT2D eigenvalue weighted by Gasteiger charge is -2.30. The van der Waals surface area contributed by atoms with Crippen molar-refractivity contribution in [3.05, 3.63) is 34.7 Å². The monoisotopic (exact) mass is 387 g/mol. The van der Waals surface area contributed by atoms with Gasteiger partial charge < -0.3 is 15.2 Å². The minimum absolute atomic E-state index is 0.0334. The van der Waals surface area contributed by atoms with Gasteiger partial charge in [0.05, 0.1) is 0 Å². The summed E-state index contributed by atoms with van der Waals surface area (Å²) in [6.07, 6.45) is 12.6. The predicted molar refractivity (Wildman–Crippen MR) is 109 cm³/mol. The fourth-order valence-electron chi connectivity index (χ4n) is 4.55. The van der Waals surface area contributed by atoms with E-state index in [0.29, 0.717) is 19.4 Å². The second kappa shape index (κ2) is 10.4. The zero-order chi connectivity index (χ0) is 19.8. The fraction of sp³-hybridized carbons (Fsp3) is 0.682. The number of hydrogen-bond acceptors (Lipinski definition) is 3. The van der Waals surface area contributed by atoms with Crippen LogP contribution in [0.25, 0.3) is 0 Å². The summed E-state index contributed by atoms with van der Waals surface area (Å²) in [5.74, 6) is 0.863. The standard InChI is InChI=1S/C22H33N3O3/c26-20(12-11-17-6-1-2-7-17)23-18-8-5-9-19(16-18)24-21(27)13-15-25-14-4-3-10-22(25)28/h3-4,10,14,17-19H,1-2,5-9,11-13,15-16H2,(H,23,26)(H,24,27)/t18-,19-/m1/s1. The van der Waals surface area contributed by atoms with Gasteiger partial charge in [-0.05, 0) is 44.1 Å². The summed E-state index contributed by atoms with van der Waals surface area (Å²) in [6.45, 7) is 0.388. The number of rotatable bonds is 8. The van der Waals surface area contributed by atoms with Crippen LogP contribution in [0.1, 0.15) is 70.6 Å². The molecular formula is C22H33N3O3. The quantitative estimate of drug-likeness (QED) is 0.720. The van der Waals surface area contributed by atoms with Crippen LogP contribution >= 0.6 is 0 Å². The Hall–Kier alpha value is -2.11. The molecular weight excluding hydrogens is 354 g/mol. The predicted octanol–water partition coefficient (Wildman–Crippen LogP) is 2.75. The number of aryl methyl sites for hydroxylation is 1. The van der Waals surface area contributed by atoms with Gasteiger partial charge in [-0.3, -0.25) is 14.4 Å². The highest BCUT2D eigenvalue weighted by Gasteiger charge is 2.25. The lowest BCUT2D eigenvalue weighted by Crippen LogP contribution is -2.46. The van der Waals surface area contributed by atoms with Crippen molar-refractivity contribution in [1.29, 1.82) is 0 Å². The Bertz CT molecular complexity index is 709. The number of pyridine rings is 1. The SMILES string of the molecule is O=C(CCC1CCCC1)N[C@@H]1CCC[C@@H](NC(=O)CCn2ccccc2=O)C1. The Morgan fingerprint density at radius 1 is 0.929 bits per heavy atom. The van der Waals surface area contributed by atoms with Gasteiger partial charge in [0.25, 0.3) is 5.56 Å². The molecule has 2 amide bonds. The summed E-state index contributed by atoms with van der Waals surface area (Å²) in [6, 6.07) is 5.25. The van der Waals surface area contributed by atoms with Crippen molar-refractivity contribution in [2.24, 2.45) is 5.92 Å². The van der Waals surface area contributed by atoms with E-state index >= 15 is 0 Å². The van der Waals surface area contributed by atoms with Gasteiger partial charge in [-0.1, -0.05) is 31.7 Å². The molecule has 2 atom stereocenters. The summed E-state index contributed by atoms with van der Waals surface area (Å²) < 4.78 is 1.55. The van der Waals surface area contributed by atoms with Crippen LogP contribution in [-0.4, -0.2) is 28.5 Å². The van der Waals surface area contributed by atoms with E-state index in [-0.39, 0.29) is 29.5 Å². The van der Waals surface area contributed by atoms with Crippen molar-refractivity contribution < 1.29 is 9.59 Å². The maximum absolute atomic E-state index is 12.3. The van der Waals surface area contributed by atoms with E-state index < -0.39 is 0 Å². The molecule has 1 heterocycles. The second-order valence-corrected chi connectivity index (χ2v) is 8.37. The molecule has 2 saturated carbocycles. The zero-order valence-corrected chi connectivity index (χ0v) is 16.7. The van der Waals surface area contributed by atoms with E-state index in [1.54, 1.807) is 22.9 Å². The molecule has 2 fully saturated rings. The third kappa shape index (κ3) is 6.50. The van der Waals surface area contributed by atoms with Gasteiger partial charge >= 0.3 is 0 Å². The summed E-state index contributed by atoms with van der Waals surface area (Å²) in [4.78, 5) is 36.2. The molecule has 0 aliphatic heterocycles. The van der Waals surface area contributed by atoms with Gasteiger partial charge in [0.2, 0.25) is 11.8 Å². The van der Waals surface area contributed by atoms with Crippen LogP contribution in [0.4, 0.5) is 0 Å². The van der Waals surface area contributed by atoms with Crippen molar-refractivity contribution in [2.45, 2.75) is 89.3 Å². The lowest BCUT2D eigenvalue weighted by atomic mass is 9.90. The van der Waals surface area contributed by atoms with Gasteiger partial charge in [-0.2, -0.15) is 0 Å². The average Bonchev–Trinajstić information content (AvgIpc) is 3.20. The number of carbonyl (C=O) groups is 2. The molecule has 6 nitrogen and oxygen atoms in total. The van der Waals surface area contributed by atoms with Crippen molar-refractivity contribution in [2.75, 3.05) is 0 Å². The van der Waals surface area contributed by atoms with Gasteiger partial charge in [-0.25, -0.2) is 0 Å². The molecule has 6 heteroatoms. The zero-order valence-electron chi connectivity index (χ0n) is 16.7. The Kier molecular flexibility index (Phi) is 7.69. The molecule has 28 heavy (non-hydrogen) atoms. The minimum Gasteiger partial charge on any atom is -0.353 e. The maximum Gasteiger partial charge on any atom is 0.250 e.